The van der Waals surface area contributed by atoms with E-state index in [-0.39, 0.29) is 12.1 Å². The highest BCUT2D eigenvalue weighted by Gasteiger charge is 2.32. The molecule has 16 heavy (non-hydrogen) atoms. The average Bonchev–Trinajstić information content (AvgIpc) is 2.30. The highest BCUT2D eigenvalue weighted by Crippen LogP contribution is 2.33. The molecule has 1 heterocycles. The molecule has 0 radical (unpaired) electrons. The van der Waals surface area contributed by atoms with Crippen molar-refractivity contribution in [3.05, 3.63) is 35.4 Å². The predicted octanol–water partition coefficient (Wildman–Crippen LogP) is 2.21. The van der Waals surface area contributed by atoms with Gasteiger partial charge in [-0.05, 0) is 50.3 Å². The molecule has 1 aliphatic rings. The van der Waals surface area contributed by atoms with Crippen molar-refractivity contribution in [2.75, 3.05) is 13.2 Å². The predicted molar refractivity (Wildman–Crippen MR) is 66.6 cm³/mol. The van der Waals surface area contributed by atoms with Gasteiger partial charge in [0.15, 0.2) is 0 Å². The van der Waals surface area contributed by atoms with Gasteiger partial charge in [-0.2, -0.15) is 0 Å². The number of piperidine rings is 1. The van der Waals surface area contributed by atoms with E-state index in [9.17, 15) is 5.11 Å². The lowest BCUT2D eigenvalue weighted by molar-refractivity contribution is 0.137. The van der Waals surface area contributed by atoms with Crippen molar-refractivity contribution in [1.29, 1.82) is 0 Å². The van der Waals surface area contributed by atoms with E-state index in [0.29, 0.717) is 5.92 Å². The summed E-state index contributed by atoms with van der Waals surface area (Å²) in [5.41, 5.74) is 2.71. The van der Waals surface area contributed by atoms with E-state index in [1.54, 1.807) is 0 Å². The number of hydrogen-bond donors (Lipinski definition) is 2. The van der Waals surface area contributed by atoms with Gasteiger partial charge in [-0.1, -0.05) is 24.3 Å². The molecule has 0 spiro atoms. The van der Waals surface area contributed by atoms with Crippen LogP contribution in [0.15, 0.2) is 24.3 Å². The van der Waals surface area contributed by atoms with Crippen LogP contribution < -0.4 is 5.32 Å². The van der Waals surface area contributed by atoms with Gasteiger partial charge < -0.3 is 10.4 Å². The zero-order chi connectivity index (χ0) is 11.6. The second kappa shape index (κ2) is 4.56. The van der Waals surface area contributed by atoms with Crippen LogP contribution in [0.5, 0.6) is 0 Å². The van der Waals surface area contributed by atoms with Gasteiger partial charge in [0.2, 0.25) is 0 Å². The van der Waals surface area contributed by atoms with Crippen molar-refractivity contribution in [3.63, 3.8) is 0 Å². The smallest absolute Gasteiger partial charge is 0.0610 e. The Morgan fingerprint density at radius 2 is 2.19 bits per heavy atom. The molecule has 1 aromatic carbocycles. The van der Waals surface area contributed by atoms with Gasteiger partial charge in [-0.3, -0.25) is 0 Å². The monoisotopic (exact) mass is 219 g/mol. The third kappa shape index (κ3) is 2.28. The summed E-state index contributed by atoms with van der Waals surface area (Å²) in [7, 11) is 0. The highest BCUT2D eigenvalue weighted by atomic mass is 16.3. The van der Waals surface area contributed by atoms with Gasteiger partial charge in [-0.15, -0.1) is 0 Å². The first-order chi connectivity index (χ1) is 7.64. The zero-order valence-corrected chi connectivity index (χ0v) is 10.2. The molecule has 0 aliphatic carbocycles. The summed E-state index contributed by atoms with van der Waals surface area (Å²) in [6, 6.07) is 8.60. The third-order valence-electron chi connectivity index (χ3n) is 3.72. The lowest BCUT2D eigenvalue weighted by atomic mass is 9.79. The second-order valence-corrected chi connectivity index (χ2v) is 5.19. The molecular weight excluding hydrogens is 198 g/mol. The maximum absolute atomic E-state index is 9.42. The van der Waals surface area contributed by atoms with Crippen molar-refractivity contribution < 1.29 is 5.11 Å². The lowest BCUT2D eigenvalue weighted by Crippen LogP contribution is -2.50. The van der Waals surface area contributed by atoms with Gasteiger partial charge >= 0.3 is 0 Å². The number of nitrogens with one attached hydrogen (secondary N) is 1. The molecule has 2 nitrogen and oxygen atoms in total. The lowest BCUT2D eigenvalue weighted by Gasteiger charge is -2.38. The number of benzene rings is 1. The van der Waals surface area contributed by atoms with Gasteiger partial charge in [0, 0.05) is 5.54 Å². The topological polar surface area (TPSA) is 32.3 Å². The number of aliphatic hydroxyl groups excluding tert-OH is 1. The van der Waals surface area contributed by atoms with E-state index in [0.717, 1.165) is 13.0 Å². The van der Waals surface area contributed by atoms with E-state index in [2.05, 4.69) is 43.4 Å². The Kier molecular flexibility index (Phi) is 3.31. The Labute approximate surface area is 97.7 Å². The van der Waals surface area contributed by atoms with E-state index in [4.69, 9.17) is 0 Å². The zero-order valence-electron chi connectivity index (χ0n) is 10.2. The SMILES string of the molecule is Cc1ccccc1C1CCNC(C)(CO)C1. The van der Waals surface area contributed by atoms with Crippen molar-refractivity contribution in [3.8, 4) is 0 Å². The van der Waals surface area contributed by atoms with Crippen LogP contribution in [0.25, 0.3) is 0 Å². The Balaban J connectivity index is 2.19. The molecule has 0 bridgehead atoms. The fourth-order valence-corrected chi connectivity index (χ4v) is 2.70. The second-order valence-electron chi connectivity index (χ2n) is 5.19. The maximum Gasteiger partial charge on any atom is 0.0610 e. The summed E-state index contributed by atoms with van der Waals surface area (Å²) < 4.78 is 0. The minimum absolute atomic E-state index is 0.106. The summed E-state index contributed by atoms with van der Waals surface area (Å²) in [6.45, 7) is 5.50. The summed E-state index contributed by atoms with van der Waals surface area (Å²) in [4.78, 5) is 0. The number of hydrogen-bond acceptors (Lipinski definition) is 2. The van der Waals surface area contributed by atoms with E-state index in [1.807, 2.05) is 0 Å². The highest BCUT2D eigenvalue weighted by molar-refractivity contribution is 5.30. The van der Waals surface area contributed by atoms with Crippen LogP contribution in [0, 0.1) is 6.92 Å². The Morgan fingerprint density at radius 1 is 1.44 bits per heavy atom. The summed E-state index contributed by atoms with van der Waals surface area (Å²) in [6.07, 6.45) is 2.19. The van der Waals surface area contributed by atoms with Crippen LogP contribution in [0.1, 0.15) is 36.8 Å². The molecule has 2 unspecified atom stereocenters. The number of aliphatic hydroxyl groups is 1. The summed E-state index contributed by atoms with van der Waals surface area (Å²) >= 11 is 0. The molecule has 0 aromatic heterocycles. The normalized spacial score (nSPS) is 30.3. The third-order valence-corrected chi connectivity index (χ3v) is 3.72. The molecular formula is C14H21NO. The summed E-state index contributed by atoms with van der Waals surface area (Å²) in [5.74, 6) is 0.583. The molecule has 1 saturated heterocycles. The van der Waals surface area contributed by atoms with E-state index < -0.39 is 0 Å². The first kappa shape index (κ1) is 11.6. The maximum atomic E-state index is 9.42. The minimum atomic E-state index is -0.106. The molecule has 2 heteroatoms. The van der Waals surface area contributed by atoms with Gasteiger partial charge in [0.25, 0.3) is 0 Å². The van der Waals surface area contributed by atoms with E-state index in [1.165, 1.54) is 17.5 Å². The molecule has 1 aromatic rings. The van der Waals surface area contributed by atoms with Crippen molar-refractivity contribution in [2.24, 2.45) is 0 Å². The molecule has 1 fully saturated rings. The Hall–Kier alpha value is -0.860. The number of aryl methyl sites for hydroxylation is 1. The molecule has 88 valence electrons. The molecule has 2 N–H and O–H groups in total. The van der Waals surface area contributed by atoms with Gasteiger partial charge in [-0.25, -0.2) is 0 Å². The molecule has 0 amide bonds. The minimum Gasteiger partial charge on any atom is -0.394 e. The fourth-order valence-electron chi connectivity index (χ4n) is 2.70. The van der Waals surface area contributed by atoms with Crippen LogP contribution in [-0.2, 0) is 0 Å². The average molecular weight is 219 g/mol. The van der Waals surface area contributed by atoms with Crippen molar-refractivity contribution in [2.45, 2.75) is 38.1 Å². The Morgan fingerprint density at radius 3 is 2.88 bits per heavy atom. The van der Waals surface area contributed by atoms with Crippen LogP contribution >= 0.6 is 0 Å². The quantitative estimate of drug-likeness (QED) is 0.799. The molecule has 2 rings (SSSR count). The first-order valence-electron chi connectivity index (χ1n) is 6.06. The summed E-state index contributed by atoms with van der Waals surface area (Å²) in [5, 5.41) is 12.8. The van der Waals surface area contributed by atoms with Crippen LogP contribution in [0.3, 0.4) is 0 Å². The first-order valence-corrected chi connectivity index (χ1v) is 6.06. The van der Waals surface area contributed by atoms with Crippen molar-refractivity contribution in [1.82, 2.24) is 5.32 Å². The molecule has 1 aliphatic heterocycles. The molecule has 2 atom stereocenters. The number of rotatable bonds is 2. The van der Waals surface area contributed by atoms with E-state index >= 15 is 0 Å². The van der Waals surface area contributed by atoms with Crippen LogP contribution in [0.2, 0.25) is 0 Å². The standard InChI is InChI=1S/C14H21NO/c1-11-5-3-4-6-13(11)12-7-8-15-14(2,9-12)10-16/h3-6,12,15-16H,7-10H2,1-2H3. The van der Waals surface area contributed by atoms with Gasteiger partial charge in [0.05, 0.1) is 6.61 Å². The van der Waals surface area contributed by atoms with Crippen LogP contribution in [0.4, 0.5) is 0 Å². The van der Waals surface area contributed by atoms with Gasteiger partial charge in [0.1, 0.15) is 0 Å². The molecule has 0 saturated carbocycles. The fraction of sp³-hybridized carbons (Fsp3) is 0.571. The Bertz CT molecular complexity index is 364. The van der Waals surface area contributed by atoms with Crippen LogP contribution in [-0.4, -0.2) is 23.8 Å². The largest absolute Gasteiger partial charge is 0.394 e. The van der Waals surface area contributed by atoms with Crippen molar-refractivity contribution >= 4 is 0 Å².